The Hall–Kier alpha value is -0.370. The number of hydrogen-bond acceptors (Lipinski definition) is 2. The first kappa shape index (κ1) is 19.0. The van der Waals surface area contributed by atoms with Gasteiger partial charge in [-0.15, -0.1) is 0 Å². The summed E-state index contributed by atoms with van der Waals surface area (Å²) in [6, 6.07) is 0.0969. The molecule has 0 bridgehead atoms. The fourth-order valence-corrected chi connectivity index (χ4v) is 5.01. The first-order chi connectivity index (χ1) is 11.0. The second kappa shape index (κ2) is 9.20. The highest BCUT2D eigenvalue weighted by Crippen LogP contribution is 2.44. The van der Waals surface area contributed by atoms with Crippen LogP contribution in [-0.4, -0.2) is 18.4 Å². The van der Waals surface area contributed by atoms with E-state index in [1.54, 1.807) is 0 Å². The van der Waals surface area contributed by atoms with E-state index in [-0.39, 0.29) is 6.04 Å². The van der Waals surface area contributed by atoms with Gasteiger partial charge in [0.25, 0.3) is 0 Å². The molecule has 0 spiro atoms. The molecule has 2 heteroatoms. The van der Waals surface area contributed by atoms with Gasteiger partial charge in [0.1, 0.15) is 5.78 Å². The Morgan fingerprint density at radius 3 is 2.57 bits per heavy atom. The molecule has 1 saturated heterocycles. The Labute approximate surface area is 144 Å². The van der Waals surface area contributed by atoms with Gasteiger partial charge in [-0.3, -0.25) is 4.79 Å². The number of carbonyl (C=O) groups is 1. The fourth-order valence-electron chi connectivity index (χ4n) is 5.01. The van der Waals surface area contributed by atoms with Crippen LogP contribution in [0.2, 0.25) is 0 Å². The Bertz CT molecular complexity index is 365. The second-order valence-corrected chi connectivity index (χ2v) is 8.91. The molecule has 134 valence electrons. The van der Waals surface area contributed by atoms with Crippen LogP contribution >= 0.6 is 0 Å². The number of Topliss-reactive ketones (excluding diaryl/α,β-unsaturated/α-hetero) is 1. The van der Waals surface area contributed by atoms with E-state index >= 15 is 0 Å². The molecule has 1 saturated carbocycles. The lowest BCUT2D eigenvalue weighted by Crippen LogP contribution is -2.39. The van der Waals surface area contributed by atoms with Crippen LogP contribution in [0, 0.1) is 29.6 Å². The monoisotopic (exact) mass is 321 g/mol. The van der Waals surface area contributed by atoms with E-state index in [1.807, 2.05) is 0 Å². The van der Waals surface area contributed by atoms with E-state index in [0.717, 1.165) is 37.1 Å². The zero-order valence-electron chi connectivity index (χ0n) is 15.9. The van der Waals surface area contributed by atoms with E-state index in [4.69, 9.17) is 0 Å². The summed E-state index contributed by atoms with van der Waals surface area (Å²) in [5, 5.41) is 3.57. The molecule has 2 rings (SSSR count). The van der Waals surface area contributed by atoms with Gasteiger partial charge in [0, 0.05) is 6.42 Å². The quantitative estimate of drug-likeness (QED) is 0.773. The number of nitrogens with one attached hydrogen (secondary N) is 1. The molecule has 0 aromatic rings. The first-order valence-electron chi connectivity index (χ1n) is 10.3. The summed E-state index contributed by atoms with van der Waals surface area (Å²) in [4.78, 5) is 12.7. The highest BCUT2D eigenvalue weighted by molar-refractivity contribution is 5.84. The molecule has 0 radical (unpaired) electrons. The van der Waals surface area contributed by atoms with Crippen molar-refractivity contribution in [2.24, 2.45) is 29.6 Å². The molecular weight excluding hydrogens is 282 g/mol. The van der Waals surface area contributed by atoms with Crippen LogP contribution < -0.4 is 5.32 Å². The zero-order valence-corrected chi connectivity index (χ0v) is 15.9. The van der Waals surface area contributed by atoms with Crippen molar-refractivity contribution in [3.05, 3.63) is 0 Å². The highest BCUT2D eigenvalue weighted by atomic mass is 16.1. The number of rotatable bonds is 3. The van der Waals surface area contributed by atoms with Crippen LogP contribution in [-0.2, 0) is 4.79 Å². The predicted molar refractivity (Wildman–Crippen MR) is 98.5 cm³/mol. The molecule has 0 amide bonds. The normalized spacial score (nSPS) is 37.3. The van der Waals surface area contributed by atoms with Crippen LogP contribution in [0.5, 0.6) is 0 Å². The molecule has 1 N–H and O–H groups in total. The maximum absolute atomic E-state index is 12.7. The van der Waals surface area contributed by atoms with Gasteiger partial charge in [0.15, 0.2) is 0 Å². The van der Waals surface area contributed by atoms with Crippen molar-refractivity contribution in [1.29, 1.82) is 0 Å². The largest absolute Gasteiger partial charge is 0.307 e. The third-order valence-corrected chi connectivity index (χ3v) is 6.26. The Morgan fingerprint density at radius 2 is 1.87 bits per heavy atom. The summed E-state index contributed by atoms with van der Waals surface area (Å²) in [5.74, 6) is 4.38. The van der Waals surface area contributed by atoms with E-state index in [9.17, 15) is 4.79 Å². The molecule has 1 heterocycles. The van der Waals surface area contributed by atoms with Crippen molar-refractivity contribution in [2.45, 2.75) is 91.5 Å². The third-order valence-electron chi connectivity index (χ3n) is 6.26. The van der Waals surface area contributed by atoms with E-state index in [2.05, 4.69) is 33.0 Å². The minimum atomic E-state index is 0.0969. The van der Waals surface area contributed by atoms with E-state index in [1.165, 1.54) is 44.9 Å². The molecule has 2 fully saturated rings. The molecule has 2 nitrogen and oxygen atoms in total. The Morgan fingerprint density at radius 1 is 1.13 bits per heavy atom. The highest BCUT2D eigenvalue weighted by Gasteiger charge is 2.34. The van der Waals surface area contributed by atoms with Gasteiger partial charge in [0.05, 0.1) is 6.04 Å². The minimum absolute atomic E-state index is 0.0969. The van der Waals surface area contributed by atoms with Gasteiger partial charge in [-0.1, -0.05) is 47.0 Å². The van der Waals surface area contributed by atoms with Gasteiger partial charge < -0.3 is 5.32 Å². The molecule has 4 unspecified atom stereocenters. The number of carbonyl (C=O) groups excluding carboxylic acids is 1. The summed E-state index contributed by atoms with van der Waals surface area (Å²) >= 11 is 0. The Balaban J connectivity index is 1.99. The van der Waals surface area contributed by atoms with E-state index in [0.29, 0.717) is 17.6 Å². The lowest BCUT2D eigenvalue weighted by molar-refractivity contribution is -0.122. The first-order valence-corrected chi connectivity index (χ1v) is 10.3. The van der Waals surface area contributed by atoms with Crippen molar-refractivity contribution < 1.29 is 4.79 Å². The van der Waals surface area contributed by atoms with Crippen molar-refractivity contribution in [3.63, 3.8) is 0 Å². The van der Waals surface area contributed by atoms with Gasteiger partial charge in [-0.2, -0.15) is 0 Å². The standard InChI is InChI=1S/C21H39NO/c1-5-17-13-18-8-6-7-9-22-20(10-15(2)3)21(23)12-16(4)11-19(18)14-17/h15-20,22H,5-14H2,1-4H3/t16?,17?,18?,19?,20-/m0/s1. The van der Waals surface area contributed by atoms with Gasteiger partial charge in [-0.05, 0) is 68.2 Å². The number of hydrogen-bond donors (Lipinski definition) is 1. The zero-order chi connectivity index (χ0) is 16.8. The van der Waals surface area contributed by atoms with Crippen molar-refractivity contribution in [3.8, 4) is 0 Å². The van der Waals surface area contributed by atoms with Crippen LogP contribution in [0.15, 0.2) is 0 Å². The molecule has 0 aromatic carbocycles. The summed E-state index contributed by atoms with van der Waals surface area (Å²) in [6.45, 7) is 10.1. The molecule has 5 atom stereocenters. The average molecular weight is 322 g/mol. The molecule has 2 aliphatic rings. The maximum atomic E-state index is 12.7. The predicted octanol–water partition coefficient (Wildman–Crippen LogP) is 5.21. The molecular formula is C21H39NO. The SMILES string of the molecule is CCC1CC2CCCCN[C@@H](CC(C)C)C(=O)CC(C)CC2C1. The van der Waals surface area contributed by atoms with Crippen LogP contribution in [0.4, 0.5) is 0 Å². The minimum Gasteiger partial charge on any atom is -0.307 e. The lowest BCUT2D eigenvalue weighted by atomic mass is 9.82. The van der Waals surface area contributed by atoms with Crippen LogP contribution in [0.25, 0.3) is 0 Å². The average Bonchev–Trinajstić information content (AvgIpc) is 2.86. The number of ketones is 1. The molecule has 1 aliphatic carbocycles. The molecule has 0 aromatic heterocycles. The van der Waals surface area contributed by atoms with Gasteiger partial charge in [0.2, 0.25) is 0 Å². The number of fused-ring (bicyclic) bond motifs is 1. The summed E-state index contributed by atoms with van der Waals surface area (Å²) < 4.78 is 0. The van der Waals surface area contributed by atoms with Crippen molar-refractivity contribution in [1.82, 2.24) is 5.32 Å². The fraction of sp³-hybridized carbons (Fsp3) is 0.952. The smallest absolute Gasteiger partial charge is 0.150 e. The summed E-state index contributed by atoms with van der Waals surface area (Å²) in [5.41, 5.74) is 0. The summed E-state index contributed by atoms with van der Waals surface area (Å²) in [6.07, 6.45) is 11.3. The summed E-state index contributed by atoms with van der Waals surface area (Å²) in [7, 11) is 0. The Kier molecular flexibility index (Phi) is 7.59. The van der Waals surface area contributed by atoms with Crippen molar-refractivity contribution in [2.75, 3.05) is 6.54 Å². The van der Waals surface area contributed by atoms with Crippen LogP contribution in [0.3, 0.4) is 0 Å². The maximum Gasteiger partial charge on any atom is 0.150 e. The van der Waals surface area contributed by atoms with Crippen LogP contribution in [0.1, 0.15) is 85.5 Å². The topological polar surface area (TPSA) is 29.1 Å². The van der Waals surface area contributed by atoms with Crippen molar-refractivity contribution >= 4 is 5.78 Å². The lowest BCUT2D eigenvalue weighted by Gasteiger charge is -2.26. The third kappa shape index (κ3) is 5.89. The van der Waals surface area contributed by atoms with E-state index < -0.39 is 0 Å². The van der Waals surface area contributed by atoms with Gasteiger partial charge in [-0.25, -0.2) is 0 Å². The molecule has 1 aliphatic heterocycles. The second-order valence-electron chi connectivity index (χ2n) is 8.91. The molecule has 23 heavy (non-hydrogen) atoms. The van der Waals surface area contributed by atoms with Gasteiger partial charge >= 0.3 is 0 Å².